The van der Waals surface area contributed by atoms with Crippen LogP contribution in [-0.4, -0.2) is 26.7 Å². The fraction of sp³-hybridized carbons (Fsp3) is 0.0769. The molecule has 4 aromatic rings. The van der Waals surface area contributed by atoms with Crippen LogP contribution in [0.5, 0.6) is 0 Å². The van der Waals surface area contributed by atoms with Gasteiger partial charge in [0.25, 0.3) is 31.4 Å². The Morgan fingerprint density at radius 2 is 0.875 bits per heavy atom. The van der Waals surface area contributed by atoms with Gasteiger partial charge in [-0.15, -0.1) is 0 Å². The van der Waals surface area contributed by atoms with E-state index in [4.69, 9.17) is 0 Å². The first-order chi connectivity index (χ1) is 18.8. The lowest BCUT2D eigenvalue weighted by Crippen LogP contribution is -2.13. The Labute approximate surface area is 229 Å². The molecule has 206 valence electrons. The van der Waals surface area contributed by atoms with Crippen molar-refractivity contribution in [1.29, 1.82) is 0 Å². The highest BCUT2D eigenvalue weighted by Gasteiger charge is 2.21. The van der Waals surface area contributed by atoms with Gasteiger partial charge in [-0.2, -0.15) is 0 Å². The minimum absolute atomic E-state index is 0.239. The Morgan fingerprint density at radius 1 is 0.550 bits per heavy atom. The zero-order valence-corrected chi connectivity index (χ0v) is 22.7. The Bertz CT molecular complexity index is 1700. The predicted octanol–water partition coefficient (Wildman–Crippen LogP) is 5.39. The van der Waals surface area contributed by atoms with Crippen LogP contribution in [0.1, 0.15) is 11.1 Å². The predicted molar refractivity (Wildman–Crippen MR) is 149 cm³/mol. The van der Waals surface area contributed by atoms with Crippen molar-refractivity contribution >= 4 is 42.8 Å². The summed E-state index contributed by atoms with van der Waals surface area (Å²) in [4.78, 5) is 20.6. The minimum Gasteiger partial charge on any atom is -0.280 e. The maximum absolute atomic E-state index is 12.7. The molecule has 0 saturated heterocycles. The SMILES string of the molecule is Cc1ccc(S(=O)(=O)Nc2ccc(-c3ccc(NS(=O)(=O)c4ccc(C)c([N+](=O)[O-])c4)cc3)cc2)cc1[N+](=O)[O-]. The normalized spacial score (nSPS) is 11.6. The third kappa shape index (κ3) is 6.08. The lowest BCUT2D eigenvalue weighted by molar-refractivity contribution is -0.385. The molecule has 0 radical (unpaired) electrons. The number of nitrogens with one attached hydrogen (secondary N) is 2. The average molecular weight is 583 g/mol. The zero-order chi connectivity index (χ0) is 29.2. The Hall–Kier alpha value is -4.82. The van der Waals surface area contributed by atoms with E-state index in [1.807, 2.05) is 0 Å². The topological polar surface area (TPSA) is 179 Å². The number of sulfonamides is 2. The van der Waals surface area contributed by atoms with Gasteiger partial charge in [-0.3, -0.25) is 29.7 Å². The van der Waals surface area contributed by atoms with Crippen molar-refractivity contribution in [2.45, 2.75) is 23.6 Å². The lowest BCUT2D eigenvalue weighted by atomic mass is 10.1. The molecule has 40 heavy (non-hydrogen) atoms. The Balaban J connectivity index is 1.48. The summed E-state index contributed by atoms with van der Waals surface area (Å²) in [6.45, 7) is 3.03. The molecular weight excluding hydrogens is 560 g/mol. The fourth-order valence-electron chi connectivity index (χ4n) is 3.80. The monoisotopic (exact) mass is 582 g/mol. The number of anilines is 2. The second-order valence-corrected chi connectivity index (χ2v) is 12.1. The van der Waals surface area contributed by atoms with Crippen molar-refractivity contribution in [3.8, 4) is 11.1 Å². The maximum atomic E-state index is 12.7. The van der Waals surface area contributed by atoms with Gasteiger partial charge < -0.3 is 0 Å². The largest absolute Gasteiger partial charge is 0.280 e. The highest BCUT2D eigenvalue weighted by molar-refractivity contribution is 7.93. The quantitative estimate of drug-likeness (QED) is 0.195. The molecule has 4 aromatic carbocycles. The van der Waals surface area contributed by atoms with Crippen LogP contribution in [0.3, 0.4) is 0 Å². The van der Waals surface area contributed by atoms with Gasteiger partial charge in [0.05, 0.1) is 19.6 Å². The molecule has 0 amide bonds. The molecule has 0 aliphatic heterocycles. The van der Waals surface area contributed by atoms with Crippen LogP contribution in [0.4, 0.5) is 22.7 Å². The van der Waals surface area contributed by atoms with Gasteiger partial charge >= 0.3 is 0 Å². The van der Waals surface area contributed by atoms with Crippen molar-refractivity contribution in [2.24, 2.45) is 0 Å². The number of nitrogens with zero attached hydrogens (tertiary/aromatic N) is 2. The Kier molecular flexibility index (Phi) is 7.57. The molecule has 0 saturated carbocycles. The molecule has 14 heteroatoms. The summed E-state index contributed by atoms with van der Waals surface area (Å²) in [5, 5.41) is 22.3. The molecule has 12 nitrogen and oxygen atoms in total. The summed E-state index contributed by atoms with van der Waals surface area (Å²) in [6.07, 6.45) is 0. The number of benzene rings is 4. The number of nitro benzene ring substituents is 2. The van der Waals surface area contributed by atoms with Gasteiger partial charge in [-0.05, 0) is 61.4 Å². The van der Waals surface area contributed by atoms with Crippen LogP contribution in [0.25, 0.3) is 11.1 Å². The first kappa shape index (κ1) is 28.2. The maximum Gasteiger partial charge on any atom is 0.273 e. The van der Waals surface area contributed by atoms with Crippen LogP contribution in [0, 0.1) is 34.1 Å². The van der Waals surface area contributed by atoms with Gasteiger partial charge in [-0.25, -0.2) is 16.8 Å². The van der Waals surface area contributed by atoms with Crippen LogP contribution < -0.4 is 9.44 Å². The van der Waals surface area contributed by atoms with E-state index in [0.717, 1.165) is 12.1 Å². The molecule has 0 aromatic heterocycles. The number of rotatable bonds is 9. The molecular formula is C26H22N4O8S2. The van der Waals surface area contributed by atoms with E-state index in [0.29, 0.717) is 22.3 Å². The number of hydrogen-bond acceptors (Lipinski definition) is 8. The first-order valence-electron chi connectivity index (χ1n) is 11.5. The molecule has 0 atom stereocenters. The summed E-state index contributed by atoms with van der Waals surface area (Å²) >= 11 is 0. The molecule has 0 spiro atoms. The summed E-state index contributed by atoms with van der Waals surface area (Å²) in [7, 11) is -8.15. The molecule has 0 aliphatic rings. The number of aryl methyl sites for hydroxylation is 2. The Morgan fingerprint density at radius 3 is 1.18 bits per heavy atom. The van der Waals surface area contributed by atoms with Crippen molar-refractivity contribution < 1.29 is 26.7 Å². The zero-order valence-electron chi connectivity index (χ0n) is 21.1. The molecule has 0 unspecified atom stereocenters. The summed E-state index contributed by atoms with van der Waals surface area (Å²) < 4.78 is 55.8. The summed E-state index contributed by atoms with van der Waals surface area (Å²) in [5.74, 6) is 0. The van der Waals surface area contributed by atoms with E-state index < -0.39 is 29.9 Å². The number of hydrogen-bond donors (Lipinski definition) is 2. The van der Waals surface area contributed by atoms with Gasteiger partial charge in [-0.1, -0.05) is 36.4 Å². The molecule has 0 aliphatic carbocycles. The highest BCUT2D eigenvalue weighted by atomic mass is 32.2. The van der Waals surface area contributed by atoms with E-state index in [1.54, 1.807) is 24.3 Å². The molecule has 4 rings (SSSR count). The van der Waals surface area contributed by atoms with Crippen LogP contribution in [0.2, 0.25) is 0 Å². The standard InChI is InChI=1S/C26H22N4O8S2/c1-17-3-13-23(15-25(17)29(31)32)39(35,36)27-21-9-5-19(6-10-21)20-7-11-22(12-8-20)28-40(37,38)24-14-4-18(2)26(16-24)30(33)34/h3-16,27-28H,1-2H3. The van der Waals surface area contributed by atoms with E-state index in [9.17, 15) is 37.1 Å². The van der Waals surface area contributed by atoms with Gasteiger partial charge in [0, 0.05) is 34.6 Å². The molecule has 0 fully saturated rings. The van der Waals surface area contributed by atoms with Crippen LogP contribution in [-0.2, 0) is 20.0 Å². The van der Waals surface area contributed by atoms with E-state index >= 15 is 0 Å². The second kappa shape index (κ2) is 10.7. The van der Waals surface area contributed by atoms with Gasteiger partial charge in [0.15, 0.2) is 0 Å². The highest BCUT2D eigenvalue weighted by Crippen LogP contribution is 2.28. The smallest absolute Gasteiger partial charge is 0.273 e. The third-order valence-corrected chi connectivity index (χ3v) is 8.74. The summed E-state index contributed by atoms with van der Waals surface area (Å²) in [5.41, 5.74) is 1.97. The van der Waals surface area contributed by atoms with E-state index in [-0.39, 0.29) is 32.5 Å². The van der Waals surface area contributed by atoms with E-state index in [2.05, 4.69) is 9.44 Å². The van der Waals surface area contributed by atoms with Crippen LogP contribution >= 0.6 is 0 Å². The average Bonchev–Trinajstić information content (AvgIpc) is 2.89. The first-order valence-corrected chi connectivity index (χ1v) is 14.5. The molecule has 0 bridgehead atoms. The van der Waals surface area contributed by atoms with E-state index in [1.165, 1.54) is 62.4 Å². The molecule has 2 N–H and O–H groups in total. The van der Waals surface area contributed by atoms with Crippen molar-refractivity contribution in [3.05, 3.63) is 116 Å². The van der Waals surface area contributed by atoms with Crippen molar-refractivity contribution in [1.82, 2.24) is 0 Å². The molecule has 0 heterocycles. The van der Waals surface area contributed by atoms with Gasteiger partial charge in [0.1, 0.15) is 0 Å². The van der Waals surface area contributed by atoms with Crippen molar-refractivity contribution in [2.75, 3.05) is 9.44 Å². The third-order valence-electron chi connectivity index (χ3n) is 5.98. The van der Waals surface area contributed by atoms with Gasteiger partial charge in [0.2, 0.25) is 0 Å². The number of nitro groups is 2. The summed E-state index contributed by atoms with van der Waals surface area (Å²) in [6, 6.07) is 20.0. The second-order valence-electron chi connectivity index (χ2n) is 8.78. The fourth-order valence-corrected chi connectivity index (χ4v) is 5.95. The van der Waals surface area contributed by atoms with Crippen LogP contribution in [0.15, 0.2) is 94.7 Å². The minimum atomic E-state index is -4.08. The van der Waals surface area contributed by atoms with Crippen molar-refractivity contribution in [3.63, 3.8) is 0 Å². The lowest BCUT2D eigenvalue weighted by Gasteiger charge is -2.11.